The predicted octanol–water partition coefficient (Wildman–Crippen LogP) is 5.94. The van der Waals surface area contributed by atoms with E-state index in [0.29, 0.717) is 11.3 Å². The van der Waals surface area contributed by atoms with Gasteiger partial charge in [0.15, 0.2) is 0 Å². The van der Waals surface area contributed by atoms with E-state index in [-0.39, 0.29) is 5.41 Å². The van der Waals surface area contributed by atoms with Gasteiger partial charge in [0.2, 0.25) is 0 Å². The maximum atomic E-state index is 2.49. The molecule has 1 aliphatic rings. The number of rotatable bonds is 2. The molecule has 0 heterocycles. The second-order valence-electron chi connectivity index (χ2n) is 7.31. The minimum atomic E-state index is 0.188. The lowest BCUT2D eigenvalue weighted by Crippen LogP contribution is -2.47. The summed E-state index contributed by atoms with van der Waals surface area (Å²) < 4.78 is 0. The second kappa shape index (κ2) is 5.33. The molecular formula is C21H26. The zero-order chi connectivity index (χ0) is 14.9. The standard InChI is InChI=1S/C21H26/c1-20(2)16-10-15-19(17-11-6-4-7-12-17)21(20,3)18-13-8-5-9-14-18/h4-9,11-14,19H,10,15-16H2,1-3H3. The fourth-order valence-electron chi connectivity index (χ4n) is 4.33. The normalized spacial score (nSPS) is 28.2. The molecule has 1 fully saturated rings. The molecule has 2 aromatic rings. The van der Waals surface area contributed by atoms with Gasteiger partial charge in [-0.3, -0.25) is 0 Å². The zero-order valence-corrected chi connectivity index (χ0v) is 13.5. The summed E-state index contributed by atoms with van der Waals surface area (Å²) in [5.41, 5.74) is 3.49. The molecule has 0 nitrogen and oxygen atoms in total. The van der Waals surface area contributed by atoms with Crippen LogP contribution in [0.25, 0.3) is 0 Å². The van der Waals surface area contributed by atoms with E-state index in [4.69, 9.17) is 0 Å². The predicted molar refractivity (Wildman–Crippen MR) is 90.6 cm³/mol. The highest BCUT2D eigenvalue weighted by Gasteiger charge is 2.50. The highest BCUT2D eigenvalue weighted by Crippen LogP contribution is 2.58. The topological polar surface area (TPSA) is 0 Å². The summed E-state index contributed by atoms with van der Waals surface area (Å²) in [5, 5.41) is 0. The van der Waals surface area contributed by atoms with Crippen LogP contribution in [-0.4, -0.2) is 0 Å². The summed E-state index contributed by atoms with van der Waals surface area (Å²) in [4.78, 5) is 0. The number of benzene rings is 2. The molecule has 0 heteroatoms. The number of hydrogen-bond donors (Lipinski definition) is 0. The van der Waals surface area contributed by atoms with Gasteiger partial charge in [-0.25, -0.2) is 0 Å². The van der Waals surface area contributed by atoms with E-state index in [1.807, 2.05) is 0 Å². The van der Waals surface area contributed by atoms with Crippen LogP contribution in [0.2, 0.25) is 0 Å². The molecule has 3 rings (SSSR count). The van der Waals surface area contributed by atoms with Crippen molar-refractivity contribution in [1.82, 2.24) is 0 Å². The molecule has 2 unspecified atom stereocenters. The molecule has 0 spiro atoms. The summed E-state index contributed by atoms with van der Waals surface area (Å²) in [6.07, 6.45) is 3.93. The van der Waals surface area contributed by atoms with Crippen molar-refractivity contribution in [3.63, 3.8) is 0 Å². The summed E-state index contributed by atoms with van der Waals surface area (Å²) in [7, 11) is 0. The van der Waals surface area contributed by atoms with Crippen molar-refractivity contribution in [1.29, 1.82) is 0 Å². The third-order valence-corrected chi connectivity index (χ3v) is 5.97. The van der Waals surface area contributed by atoms with Gasteiger partial charge in [0.05, 0.1) is 0 Å². The summed E-state index contributed by atoms with van der Waals surface area (Å²) in [6.45, 7) is 7.39. The van der Waals surface area contributed by atoms with E-state index < -0.39 is 0 Å². The van der Waals surface area contributed by atoms with Gasteiger partial charge in [-0.05, 0) is 35.3 Å². The quantitative estimate of drug-likeness (QED) is 0.638. The van der Waals surface area contributed by atoms with E-state index in [9.17, 15) is 0 Å². The molecule has 0 aromatic heterocycles. The van der Waals surface area contributed by atoms with Gasteiger partial charge in [-0.1, -0.05) is 87.9 Å². The molecule has 1 aliphatic carbocycles. The Bertz CT molecular complexity index is 582. The molecule has 1 saturated carbocycles. The minimum absolute atomic E-state index is 0.188. The van der Waals surface area contributed by atoms with Crippen LogP contribution < -0.4 is 0 Å². The molecule has 2 atom stereocenters. The second-order valence-corrected chi connectivity index (χ2v) is 7.31. The molecule has 110 valence electrons. The Balaban J connectivity index is 2.14. The van der Waals surface area contributed by atoms with Crippen molar-refractivity contribution in [3.8, 4) is 0 Å². The first kappa shape index (κ1) is 14.4. The van der Waals surface area contributed by atoms with E-state index in [2.05, 4.69) is 81.4 Å². The first-order chi connectivity index (χ1) is 10.1. The Morgan fingerprint density at radius 1 is 0.810 bits per heavy atom. The molecular weight excluding hydrogens is 252 g/mol. The van der Waals surface area contributed by atoms with E-state index in [1.165, 1.54) is 30.4 Å². The highest BCUT2D eigenvalue weighted by atomic mass is 14.5. The van der Waals surface area contributed by atoms with E-state index >= 15 is 0 Å². The van der Waals surface area contributed by atoms with Crippen molar-refractivity contribution in [3.05, 3.63) is 71.8 Å². The van der Waals surface area contributed by atoms with Gasteiger partial charge in [0.1, 0.15) is 0 Å². The SMILES string of the molecule is CC1(C)CCCC(c2ccccc2)C1(C)c1ccccc1. The highest BCUT2D eigenvalue weighted by molar-refractivity contribution is 5.36. The van der Waals surface area contributed by atoms with E-state index in [0.717, 1.165) is 0 Å². The first-order valence-electron chi connectivity index (χ1n) is 8.16. The van der Waals surface area contributed by atoms with Crippen LogP contribution in [0.4, 0.5) is 0 Å². The Hall–Kier alpha value is -1.56. The van der Waals surface area contributed by atoms with Crippen LogP contribution in [0.15, 0.2) is 60.7 Å². The fraction of sp³-hybridized carbons (Fsp3) is 0.429. The summed E-state index contributed by atoms with van der Waals surface area (Å²) in [6, 6.07) is 22.3. The minimum Gasteiger partial charge on any atom is -0.0622 e. The lowest BCUT2D eigenvalue weighted by molar-refractivity contribution is 0.0839. The Kier molecular flexibility index (Phi) is 3.65. The van der Waals surface area contributed by atoms with Gasteiger partial charge >= 0.3 is 0 Å². The maximum absolute atomic E-state index is 2.49. The van der Waals surface area contributed by atoms with Crippen LogP contribution in [0.3, 0.4) is 0 Å². The van der Waals surface area contributed by atoms with E-state index in [1.54, 1.807) is 0 Å². The smallest absolute Gasteiger partial charge is 0.00444 e. The van der Waals surface area contributed by atoms with Crippen LogP contribution in [-0.2, 0) is 5.41 Å². The fourth-order valence-corrected chi connectivity index (χ4v) is 4.33. The van der Waals surface area contributed by atoms with Crippen molar-refractivity contribution < 1.29 is 0 Å². The molecule has 2 aromatic carbocycles. The first-order valence-corrected chi connectivity index (χ1v) is 8.16. The van der Waals surface area contributed by atoms with Crippen LogP contribution in [0.1, 0.15) is 57.1 Å². The average Bonchev–Trinajstić information content (AvgIpc) is 2.51. The maximum Gasteiger partial charge on any atom is 0.00444 e. The molecule has 0 saturated heterocycles. The monoisotopic (exact) mass is 278 g/mol. The van der Waals surface area contributed by atoms with Gasteiger partial charge < -0.3 is 0 Å². The molecule has 0 N–H and O–H groups in total. The summed E-state index contributed by atoms with van der Waals surface area (Å²) >= 11 is 0. The average molecular weight is 278 g/mol. The number of hydrogen-bond acceptors (Lipinski definition) is 0. The van der Waals surface area contributed by atoms with Gasteiger partial charge in [0, 0.05) is 5.41 Å². The van der Waals surface area contributed by atoms with Crippen molar-refractivity contribution in [2.24, 2.45) is 5.41 Å². The Morgan fingerprint density at radius 3 is 2.00 bits per heavy atom. The van der Waals surface area contributed by atoms with Crippen LogP contribution in [0, 0.1) is 5.41 Å². The van der Waals surface area contributed by atoms with Crippen LogP contribution >= 0.6 is 0 Å². The van der Waals surface area contributed by atoms with Crippen molar-refractivity contribution in [2.75, 3.05) is 0 Å². The van der Waals surface area contributed by atoms with Crippen molar-refractivity contribution >= 4 is 0 Å². The zero-order valence-electron chi connectivity index (χ0n) is 13.5. The largest absolute Gasteiger partial charge is 0.0622 e. The van der Waals surface area contributed by atoms with Crippen molar-refractivity contribution in [2.45, 2.75) is 51.4 Å². The molecule has 0 radical (unpaired) electrons. The Labute approximate surface area is 129 Å². The lowest BCUT2D eigenvalue weighted by Gasteiger charge is -2.54. The van der Waals surface area contributed by atoms with Gasteiger partial charge in [-0.15, -0.1) is 0 Å². The third kappa shape index (κ3) is 2.31. The molecule has 0 bridgehead atoms. The molecule has 0 aliphatic heterocycles. The van der Waals surface area contributed by atoms with Gasteiger partial charge in [-0.2, -0.15) is 0 Å². The molecule has 0 amide bonds. The summed E-state index contributed by atoms with van der Waals surface area (Å²) in [5.74, 6) is 0.602. The molecule has 21 heavy (non-hydrogen) atoms. The third-order valence-electron chi connectivity index (χ3n) is 5.97. The lowest BCUT2D eigenvalue weighted by atomic mass is 9.50. The van der Waals surface area contributed by atoms with Crippen LogP contribution in [0.5, 0.6) is 0 Å². The Morgan fingerprint density at radius 2 is 1.38 bits per heavy atom. The van der Waals surface area contributed by atoms with Gasteiger partial charge in [0.25, 0.3) is 0 Å².